The summed E-state index contributed by atoms with van der Waals surface area (Å²) in [5.41, 5.74) is 7.13. The van der Waals surface area contributed by atoms with Crippen LogP contribution in [0.4, 0.5) is 5.82 Å². The highest BCUT2D eigenvalue weighted by atomic mass is 35.5. The van der Waals surface area contributed by atoms with Gasteiger partial charge in [-0.2, -0.15) is 0 Å². The highest BCUT2D eigenvalue weighted by molar-refractivity contribution is 8.17. The molecule has 1 heterocycles. The Kier molecular flexibility index (Phi) is 9.38. The van der Waals surface area contributed by atoms with Crippen molar-refractivity contribution in [2.45, 2.75) is 26.8 Å². The van der Waals surface area contributed by atoms with Crippen molar-refractivity contribution in [3.63, 3.8) is 0 Å². The lowest BCUT2D eigenvalue weighted by Crippen LogP contribution is -2.22. The van der Waals surface area contributed by atoms with Crippen molar-refractivity contribution in [2.75, 3.05) is 12.3 Å². The van der Waals surface area contributed by atoms with Crippen LogP contribution in [0.15, 0.2) is 41.1 Å². The fourth-order valence-electron chi connectivity index (χ4n) is 2.56. The normalized spacial score (nSPS) is 12.3. The number of thioether (sulfide) groups is 1. The first-order valence-electron chi connectivity index (χ1n) is 9.17. The number of nitrogen functional groups attached to an aromatic ring is 1. The maximum absolute atomic E-state index is 12.8. The zero-order valence-electron chi connectivity index (χ0n) is 17.3. The molecule has 10 nitrogen and oxygen atoms in total. The number of hydrogen-bond acceptors (Lipinski definition) is 8. The highest BCUT2D eigenvalue weighted by Gasteiger charge is 2.20. The molecule has 1 aromatic carbocycles. The molecule has 13 heteroatoms. The van der Waals surface area contributed by atoms with Gasteiger partial charge in [0.15, 0.2) is 0 Å². The number of hydrogen-bond donors (Lipinski definition) is 3. The summed E-state index contributed by atoms with van der Waals surface area (Å²) in [5, 5.41) is 0.0231. The van der Waals surface area contributed by atoms with Crippen LogP contribution in [0.25, 0.3) is 0 Å². The van der Waals surface area contributed by atoms with Gasteiger partial charge in [0.1, 0.15) is 11.6 Å². The van der Waals surface area contributed by atoms with Crippen molar-refractivity contribution in [1.29, 1.82) is 0 Å². The van der Waals surface area contributed by atoms with Crippen LogP contribution in [0.1, 0.15) is 35.1 Å². The monoisotopic (exact) mass is 500 g/mol. The van der Waals surface area contributed by atoms with Crippen molar-refractivity contribution in [3.05, 3.63) is 63.0 Å². The summed E-state index contributed by atoms with van der Waals surface area (Å²) in [6, 6.07) is 6.34. The molecule has 0 aliphatic heterocycles. The Morgan fingerprint density at radius 1 is 1.41 bits per heavy atom. The van der Waals surface area contributed by atoms with E-state index >= 15 is 0 Å². The third-order valence-corrected chi connectivity index (χ3v) is 6.11. The number of rotatable bonds is 10. The number of aryl methyl sites for hydroxylation is 1. The number of benzene rings is 1. The van der Waals surface area contributed by atoms with Crippen molar-refractivity contribution >= 4 is 48.5 Å². The fourth-order valence-corrected chi connectivity index (χ4v) is 4.00. The second-order valence-electron chi connectivity index (χ2n) is 6.54. The van der Waals surface area contributed by atoms with Gasteiger partial charge in [0.2, 0.25) is 11.5 Å². The Morgan fingerprint density at radius 2 is 2.12 bits per heavy atom. The molecule has 0 unspecified atom stereocenters. The number of allylic oxidation sites excluding steroid dienone is 1. The second kappa shape index (κ2) is 11.6. The number of carbonyl (C=O) groups is 2. The topological polar surface area (TPSA) is 156 Å². The van der Waals surface area contributed by atoms with Gasteiger partial charge in [-0.1, -0.05) is 23.7 Å². The van der Waals surface area contributed by atoms with Crippen LogP contribution in [-0.2, 0) is 20.4 Å². The number of phosphoric acid groups is 1. The molecule has 0 saturated carbocycles. The van der Waals surface area contributed by atoms with E-state index < -0.39 is 7.82 Å². The molecule has 2 rings (SSSR count). The second-order valence-corrected chi connectivity index (χ2v) is 9.29. The van der Waals surface area contributed by atoms with Crippen LogP contribution < -0.4 is 5.73 Å². The molecule has 0 bridgehead atoms. The standard InChI is InChI=1S/C19H22ClN4O6PS/c1-12(24(11-25)10-15-9-22-13(2)23-18(15)21)17(6-7-30-31(27,28)29)32-19(26)14-4-3-5-16(20)8-14/h3-5,8-9,11H,6-7,10H2,1-2H3,(H2,21,22,23)(H2,27,28,29). The number of phosphoric ester groups is 1. The van der Waals surface area contributed by atoms with E-state index in [1.807, 2.05) is 0 Å². The summed E-state index contributed by atoms with van der Waals surface area (Å²) < 4.78 is 15.6. The van der Waals surface area contributed by atoms with Gasteiger partial charge in [-0.25, -0.2) is 14.5 Å². The Balaban J connectivity index is 2.33. The molecule has 0 aliphatic rings. The third-order valence-electron chi connectivity index (χ3n) is 4.19. The van der Waals surface area contributed by atoms with Gasteiger partial charge in [-0.3, -0.25) is 14.1 Å². The van der Waals surface area contributed by atoms with Crippen LogP contribution >= 0.6 is 31.2 Å². The number of anilines is 1. The minimum atomic E-state index is -4.70. The van der Waals surface area contributed by atoms with Crippen molar-refractivity contribution < 1.29 is 28.5 Å². The quantitative estimate of drug-likeness (QED) is 0.326. The summed E-state index contributed by atoms with van der Waals surface area (Å²) in [6.07, 6.45) is 2.03. The number of halogens is 1. The van der Waals surface area contributed by atoms with Crippen molar-refractivity contribution in [2.24, 2.45) is 0 Å². The van der Waals surface area contributed by atoms with Crippen LogP contribution in [-0.4, -0.2) is 42.8 Å². The Morgan fingerprint density at radius 3 is 2.72 bits per heavy atom. The minimum absolute atomic E-state index is 0.0296. The molecule has 0 fully saturated rings. The molecule has 0 saturated heterocycles. The number of nitrogens with zero attached hydrogens (tertiary/aromatic N) is 3. The molecule has 0 atom stereocenters. The zero-order chi connectivity index (χ0) is 23.9. The molecule has 0 spiro atoms. The smallest absolute Gasteiger partial charge is 0.383 e. The molecule has 172 valence electrons. The molecule has 0 aliphatic carbocycles. The van der Waals surface area contributed by atoms with E-state index in [1.165, 1.54) is 17.2 Å². The Labute approximate surface area is 194 Å². The molecule has 1 amide bonds. The summed E-state index contributed by atoms with van der Waals surface area (Å²) in [7, 11) is -4.70. The van der Waals surface area contributed by atoms with E-state index in [4.69, 9.17) is 27.1 Å². The van der Waals surface area contributed by atoms with Crippen LogP contribution in [0.2, 0.25) is 5.02 Å². The number of aromatic nitrogens is 2. The molecule has 0 radical (unpaired) electrons. The molecular weight excluding hydrogens is 479 g/mol. The van der Waals surface area contributed by atoms with Gasteiger partial charge in [-0.15, -0.1) is 0 Å². The maximum atomic E-state index is 12.8. The lowest BCUT2D eigenvalue weighted by molar-refractivity contribution is -0.116. The molecule has 32 heavy (non-hydrogen) atoms. The number of nitrogens with two attached hydrogens (primary N) is 1. The van der Waals surface area contributed by atoms with Gasteiger partial charge >= 0.3 is 7.82 Å². The Bertz CT molecular complexity index is 1080. The summed E-state index contributed by atoms with van der Waals surface area (Å²) in [5.74, 6) is 0.695. The fraction of sp³-hybridized carbons (Fsp3) is 0.263. The SMILES string of the molecule is CC(=C(CCOP(=O)(O)O)SC(=O)c1cccc(Cl)c1)N(C=O)Cc1cnc(C)nc1N. The van der Waals surface area contributed by atoms with Crippen LogP contribution in [0, 0.1) is 6.92 Å². The molecule has 2 aromatic rings. The summed E-state index contributed by atoms with van der Waals surface area (Å²) >= 11 is 6.76. The van der Waals surface area contributed by atoms with Gasteiger partial charge in [-0.05, 0) is 37.7 Å². The maximum Gasteiger partial charge on any atom is 0.469 e. The van der Waals surface area contributed by atoms with E-state index in [9.17, 15) is 14.2 Å². The van der Waals surface area contributed by atoms with Gasteiger partial charge in [0.05, 0.1) is 13.2 Å². The van der Waals surface area contributed by atoms with Crippen molar-refractivity contribution in [1.82, 2.24) is 14.9 Å². The summed E-state index contributed by atoms with van der Waals surface area (Å²) in [6.45, 7) is 2.95. The average molecular weight is 501 g/mol. The first-order chi connectivity index (χ1) is 15.0. The van der Waals surface area contributed by atoms with E-state index in [1.54, 1.807) is 32.0 Å². The van der Waals surface area contributed by atoms with E-state index in [-0.39, 0.29) is 30.5 Å². The van der Waals surface area contributed by atoms with E-state index in [0.29, 0.717) is 39.0 Å². The van der Waals surface area contributed by atoms with Gasteiger partial charge < -0.3 is 20.4 Å². The molecular formula is C19H22ClN4O6PS. The summed E-state index contributed by atoms with van der Waals surface area (Å²) in [4.78, 5) is 52.3. The van der Waals surface area contributed by atoms with E-state index in [0.717, 1.165) is 11.8 Å². The lowest BCUT2D eigenvalue weighted by atomic mass is 10.2. The lowest BCUT2D eigenvalue weighted by Gasteiger charge is -2.22. The first kappa shape index (κ1) is 26.0. The van der Waals surface area contributed by atoms with Gasteiger partial charge in [0.25, 0.3) is 0 Å². The number of amides is 1. The molecule has 1 aromatic heterocycles. The van der Waals surface area contributed by atoms with Crippen LogP contribution in [0.3, 0.4) is 0 Å². The number of carbonyl (C=O) groups excluding carboxylic acids is 2. The predicted molar refractivity (Wildman–Crippen MR) is 121 cm³/mol. The van der Waals surface area contributed by atoms with Gasteiger partial charge in [0, 0.05) is 39.4 Å². The predicted octanol–water partition coefficient (Wildman–Crippen LogP) is 3.28. The third kappa shape index (κ3) is 8.01. The molecule has 4 N–H and O–H groups in total. The van der Waals surface area contributed by atoms with E-state index in [2.05, 4.69) is 14.5 Å². The van der Waals surface area contributed by atoms with Crippen molar-refractivity contribution in [3.8, 4) is 0 Å². The highest BCUT2D eigenvalue weighted by Crippen LogP contribution is 2.37. The minimum Gasteiger partial charge on any atom is -0.383 e. The zero-order valence-corrected chi connectivity index (χ0v) is 19.7. The van der Waals surface area contributed by atoms with Crippen LogP contribution in [0.5, 0.6) is 0 Å². The first-order valence-corrected chi connectivity index (χ1v) is 11.9. The Hall–Kier alpha value is -2.27. The largest absolute Gasteiger partial charge is 0.469 e. The average Bonchev–Trinajstić information content (AvgIpc) is 2.71.